The summed E-state index contributed by atoms with van der Waals surface area (Å²) in [5, 5.41) is 1.06. The molecule has 5 rings (SSSR count). The molecule has 31 heavy (non-hydrogen) atoms. The summed E-state index contributed by atoms with van der Waals surface area (Å²) in [5.74, 6) is 0.964. The van der Waals surface area contributed by atoms with Gasteiger partial charge < -0.3 is 19.6 Å². The van der Waals surface area contributed by atoms with Crippen molar-refractivity contribution >= 4 is 16.6 Å². The van der Waals surface area contributed by atoms with E-state index < -0.39 is 0 Å². The van der Waals surface area contributed by atoms with Crippen LogP contribution in [0.25, 0.3) is 10.9 Å². The quantitative estimate of drug-likeness (QED) is 0.668. The summed E-state index contributed by atoms with van der Waals surface area (Å²) in [5.41, 5.74) is 4.15. The van der Waals surface area contributed by atoms with Crippen LogP contribution in [0.3, 0.4) is 0 Å². The highest BCUT2D eigenvalue weighted by atomic mass is 16.5. The first-order chi connectivity index (χ1) is 15.2. The maximum atomic E-state index is 11.8. The first-order valence-electron chi connectivity index (χ1n) is 10.7. The molecule has 0 amide bonds. The van der Waals surface area contributed by atoms with Crippen molar-refractivity contribution in [3.05, 3.63) is 82.3 Å². The lowest BCUT2D eigenvalue weighted by Crippen LogP contribution is -2.39. The zero-order valence-corrected chi connectivity index (χ0v) is 17.7. The summed E-state index contributed by atoms with van der Waals surface area (Å²) >= 11 is 0. The Morgan fingerprint density at radius 1 is 1.23 bits per heavy atom. The summed E-state index contributed by atoms with van der Waals surface area (Å²) < 4.78 is 5.49. The van der Waals surface area contributed by atoms with E-state index in [-0.39, 0.29) is 11.6 Å². The number of imidazole rings is 1. The number of rotatable bonds is 5. The fraction of sp³-hybridized carbons (Fsp3) is 0.333. The molecule has 160 valence electrons. The molecule has 2 aliphatic heterocycles. The molecule has 0 spiro atoms. The summed E-state index contributed by atoms with van der Waals surface area (Å²) in [6.45, 7) is 6.41. The van der Waals surface area contributed by atoms with Gasteiger partial charge in [-0.05, 0) is 36.3 Å². The van der Waals surface area contributed by atoms with Crippen molar-refractivity contribution in [1.82, 2.24) is 19.9 Å². The fourth-order valence-corrected chi connectivity index (χ4v) is 4.37. The van der Waals surface area contributed by atoms with Crippen LogP contribution in [0.4, 0.5) is 5.69 Å². The normalized spacial score (nSPS) is 19.7. The van der Waals surface area contributed by atoms with E-state index >= 15 is 0 Å². The number of aryl methyl sites for hydroxylation is 1. The molecular formula is C24H27N5O2. The number of aromatic amines is 2. The monoisotopic (exact) mass is 417 g/mol. The van der Waals surface area contributed by atoms with E-state index in [0.29, 0.717) is 0 Å². The van der Waals surface area contributed by atoms with Crippen LogP contribution in [0.2, 0.25) is 0 Å². The van der Waals surface area contributed by atoms with Crippen LogP contribution in [0.1, 0.15) is 11.4 Å². The van der Waals surface area contributed by atoms with Gasteiger partial charge in [0.05, 0.1) is 19.3 Å². The fourth-order valence-electron chi connectivity index (χ4n) is 4.37. The van der Waals surface area contributed by atoms with Gasteiger partial charge >= 0.3 is 0 Å². The summed E-state index contributed by atoms with van der Waals surface area (Å²) in [4.78, 5) is 27.2. The molecule has 2 N–H and O–H groups in total. The van der Waals surface area contributed by atoms with Gasteiger partial charge in [-0.25, -0.2) is 4.98 Å². The molecule has 0 saturated carbocycles. The van der Waals surface area contributed by atoms with Gasteiger partial charge in [-0.3, -0.25) is 9.69 Å². The average molecular weight is 418 g/mol. The number of anilines is 1. The third kappa shape index (κ3) is 4.33. The predicted molar refractivity (Wildman–Crippen MR) is 122 cm³/mol. The Labute approximate surface area is 181 Å². The highest BCUT2D eigenvalue weighted by Crippen LogP contribution is 2.28. The van der Waals surface area contributed by atoms with Crippen molar-refractivity contribution in [3.8, 4) is 0 Å². The van der Waals surface area contributed by atoms with Gasteiger partial charge in [-0.1, -0.05) is 12.2 Å². The number of fused-ring (bicyclic) bond motifs is 1. The first-order valence-corrected chi connectivity index (χ1v) is 10.7. The molecule has 0 radical (unpaired) electrons. The second-order valence-corrected chi connectivity index (χ2v) is 8.21. The Balaban J connectivity index is 1.49. The minimum absolute atomic E-state index is 0.0676. The number of hydrogen-bond acceptors (Lipinski definition) is 5. The Kier molecular flexibility index (Phi) is 5.44. The number of H-pyrrole nitrogens is 2. The van der Waals surface area contributed by atoms with E-state index in [1.807, 2.05) is 19.2 Å². The molecule has 1 unspecified atom stereocenters. The van der Waals surface area contributed by atoms with Crippen molar-refractivity contribution in [2.45, 2.75) is 19.4 Å². The van der Waals surface area contributed by atoms with Crippen molar-refractivity contribution in [2.75, 3.05) is 37.7 Å². The van der Waals surface area contributed by atoms with Gasteiger partial charge in [0.1, 0.15) is 5.82 Å². The van der Waals surface area contributed by atoms with Crippen LogP contribution >= 0.6 is 0 Å². The highest BCUT2D eigenvalue weighted by molar-refractivity contribution is 5.85. The van der Waals surface area contributed by atoms with Crippen LogP contribution in [0.15, 0.2) is 65.4 Å². The number of nitrogens with zero attached hydrogens (tertiary/aromatic N) is 3. The average Bonchev–Trinajstić information content (AvgIpc) is 3.28. The number of ether oxygens (including phenoxy) is 1. The Morgan fingerprint density at radius 3 is 2.90 bits per heavy atom. The second kappa shape index (κ2) is 8.53. The van der Waals surface area contributed by atoms with Crippen LogP contribution in [0.5, 0.6) is 0 Å². The summed E-state index contributed by atoms with van der Waals surface area (Å²) in [7, 11) is 0. The first kappa shape index (κ1) is 19.8. The van der Waals surface area contributed by atoms with Gasteiger partial charge in [0.25, 0.3) is 0 Å². The molecule has 0 aliphatic carbocycles. The van der Waals surface area contributed by atoms with E-state index in [1.54, 1.807) is 12.3 Å². The molecular weight excluding hydrogens is 390 g/mol. The molecule has 1 fully saturated rings. The Hall–Kier alpha value is -3.16. The van der Waals surface area contributed by atoms with E-state index in [4.69, 9.17) is 4.74 Å². The minimum Gasteiger partial charge on any atom is -0.379 e. The molecule has 1 atom stereocenters. The van der Waals surface area contributed by atoms with Crippen molar-refractivity contribution in [1.29, 1.82) is 0 Å². The van der Waals surface area contributed by atoms with Crippen LogP contribution < -0.4 is 10.5 Å². The van der Waals surface area contributed by atoms with Gasteiger partial charge in [0, 0.05) is 67.3 Å². The Morgan fingerprint density at radius 2 is 2.10 bits per heavy atom. The van der Waals surface area contributed by atoms with E-state index in [9.17, 15) is 4.79 Å². The summed E-state index contributed by atoms with van der Waals surface area (Å²) in [6.07, 6.45) is 11.2. The number of aromatic nitrogens is 3. The number of morpholine rings is 1. The van der Waals surface area contributed by atoms with Crippen molar-refractivity contribution in [2.24, 2.45) is 0 Å². The molecule has 2 aromatic heterocycles. The lowest BCUT2D eigenvalue weighted by Gasteiger charge is -2.34. The van der Waals surface area contributed by atoms with Crippen molar-refractivity contribution in [3.63, 3.8) is 0 Å². The molecule has 4 heterocycles. The lowest BCUT2D eigenvalue weighted by molar-refractivity contribution is 0.0425. The van der Waals surface area contributed by atoms with Crippen molar-refractivity contribution < 1.29 is 4.74 Å². The van der Waals surface area contributed by atoms with E-state index in [0.717, 1.165) is 67.2 Å². The molecule has 0 bridgehead atoms. The molecule has 3 aromatic rings. The third-order valence-corrected chi connectivity index (χ3v) is 5.99. The zero-order valence-electron chi connectivity index (χ0n) is 17.7. The molecule has 1 aromatic carbocycles. The number of pyridine rings is 1. The van der Waals surface area contributed by atoms with Gasteiger partial charge in [-0.15, -0.1) is 0 Å². The smallest absolute Gasteiger partial charge is 0.248 e. The predicted octanol–water partition coefficient (Wildman–Crippen LogP) is 2.76. The van der Waals surface area contributed by atoms with Crippen LogP contribution in [-0.4, -0.2) is 58.7 Å². The molecule has 7 heteroatoms. The highest BCUT2D eigenvalue weighted by Gasteiger charge is 2.22. The largest absolute Gasteiger partial charge is 0.379 e. The lowest BCUT2D eigenvalue weighted by atomic mass is 10.0. The van der Waals surface area contributed by atoms with Crippen LogP contribution in [0, 0.1) is 6.92 Å². The topological polar surface area (TPSA) is 77.2 Å². The third-order valence-electron chi connectivity index (χ3n) is 5.99. The van der Waals surface area contributed by atoms with Gasteiger partial charge in [0.2, 0.25) is 5.56 Å². The number of nitrogens with one attached hydrogen (secondary N) is 2. The maximum absolute atomic E-state index is 11.8. The molecule has 7 nitrogen and oxygen atoms in total. The second-order valence-electron chi connectivity index (χ2n) is 8.21. The van der Waals surface area contributed by atoms with Gasteiger partial charge in [-0.2, -0.15) is 0 Å². The zero-order chi connectivity index (χ0) is 21.2. The number of benzene rings is 1. The van der Waals surface area contributed by atoms with E-state index in [2.05, 4.69) is 55.2 Å². The van der Waals surface area contributed by atoms with E-state index in [1.165, 1.54) is 5.57 Å². The standard InChI is InChI=1S/C24H27N5O2/c1-17-12-24(30)27-22-5-4-19(13-21(17)22)29-16-18(15-28-8-10-31-11-9-28)2-3-20(29)14-23-25-6-7-26-23/h2-7,12-13,16,20H,8-11,14-15H2,1H3,(H,25,26)(H,27,30). The molecule has 2 aliphatic rings. The summed E-state index contributed by atoms with van der Waals surface area (Å²) in [6, 6.07) is 8.05. The minimum atomic E-state index is -0.0676. The number of hydrogen-bond donors (Lipinski definition) is 2. The Bertz CT molecular complexity index is 1170. The SMILES string of the molecule is Cc1cc(=O)[nH]c2ccc(N3C=C(CN4CCOCC4)C=CC3Cc3ncc[nH]3)cc12. The van der Waals surface area contributed by atoms with Crippen LogP contribution in [-0.2, 0) is 11.2 Å². The van der Waals surface area contributed by atoms with Gasteiger partial charge in [0.15, 0.2) is 0 Å². The maximum Gasteiger partial charge on any atom is 0.248 e. The molecule has 1 saturated heterocycles.